The van der Waals surface area contributed by atoms with Crippen LogP contribution in [0.5, 0.6) is 0 Å². The number of hydrogen-bond acceptors (Lipinski definition) is 4. The zero-order valence-electron chi connectivity index (χ0n) is 16.2. The van der Waals surface area contributed by atoms with Crippen LogP contribution < -0.4 is 16.0 Å². The third kappa shape index (κ3) is 6.34. The van der Waals surface area contributed by atoms with Gasteiger partial charge in [0.05, 0.1) is 32.8 Å². The Hall–Kier alpha value is -2.32. The van der Waals surface area contributed by atoms with E-state index in [1.54, 1.807) is 12.1 Å². The van der Waals surface area contributed by atoms with Crippen molar-refractivity contribution in [1.82, 2.24) is 10.6 Å². The number of carbonyl (C=O) groups excluding carboxylic acids is 3. The first-order valence-electron chi connectivity index (χ1n) is 8.87. The summed E-state index contributed by atoms with van der Waals surface area (Å²) in [7, 11) is 1.53. The van der Waals surface area contributed by atoms with Crippen LogP contribution in [0.3, 0.4) is 0 Å². The molecule has 0 spiro atoms. The van der Waals surface area contributed by atoms with Gasteiger partial charge in [0.15, 0.2) is 0 Å². The van der Waals surface area contributed by atoms with E-state index in [1.165, 1.54) is 38.3 Å². The molecule has 2 aromatic rings. The van der Waals surface area contributed by atoms with Gasteiger partial charge in [0.2, 0.25) is 5.91 Å². The van der Waals surface area contributed by atoms with Crippen LogP contribution >= 0.6 is 34.8 Å². The van der Waals surface area contributed by atoms with E-state index in [4.69, 9.17) is 39.5 Å². The van der Waals surface area contributed by atoms with Gasteiger partial charge in [0.25, 0.3) is 11.8 Å². The first kappa shape index (κ1) is 24.0. The van der Waals surface area contributed by atoms with Crippen LogP contribution in [-0.2, 0) is 9.53 Å². The van der Waals surface area contributed by atoms with Crippen molar-refractivity contribution in [2.75, 3.05) is 25.6 Å². The molecule has 10 heteroatoms. The van der Waals surface area contributed by atoms with Crippen LogP contribution in [0.2, 0.25) is 15.1 Å². The summed E-state index contributed by atoms with van der Waals surface area (Å²) >= 11 is 18.1. The zero-order chi connectivity index (χ0) is 22.3. The molecule has 0 saturated carbocycles. The average Bonchev–Trinajstić information content (AvgIpc) is 2.70. The number of rotatable bonds is 8. The number of halogens is 3. The van der Waals surface area contributed by atoms with Gasteiger partial charge in [0.1, 0.15) is 6.04 Å². The predicted octanol–water partition coefficient (Wildman–Crippen LogP) is 3.78. The lowest BCUT2D eigenvalue weighted by molar-refractivity contribution is -0.117. The van der Waals surface area contributed by atoms with Crippen molar-refractivity contribution < 1.29 is 19.1 Å². The van der Waals surface area contributed by atoms with E-state index < -0.39 is 17.9 Å². The first-order chi connectivity index (χ1) is 14.2. The lowest BCUT2D eigenvalue weighted by Gasteiger charge is -2.15. The van der Waals surface area contributed by atoms with Crippen molar-refractivity contribution in [3.05, 3.63) is 62.6 Å². The van der Waals surface area contributed by atoms with Gasteiger partial charge in [-0.25, -0.2) is 0 Å². The monoisotopic (exact) mass is 471 g/mol. The van der Waals surface area contributed by atoms with Crippen molar-refractivity contribution in [1.29, 1.82) is 0 Å². The molecule has 160 valence electrons. The minimum atomic E-state index is -0.872. The van der Waals surface area contributed by atoms with E-state index in [1.807, 2.05) is 0 Å². The van der Waals surface area contributed by atoms with E-state index in [2.05, 4.69) is 16.0 Å². The molecule has 7 nitrogen and oxygen atoms in total. The van der Waals surface area contributed by atoms with Crippen LogP contribution in [0.15, 0.2) is 36.4 Å². The van der Waals surface area contributed by atoms with Gasteiger partial charge in [-0.15, -0.1) is 0 Å². The number of ether oxygens (including phenoxy) is 1. The smallest absolute Gasteiger partial charge is 0.253 e. The largest absolute Gasteiger partial charge is 0.383 e. The molecule has 0 radical (unpaired) electrons. The van der Waals surface area contributed by atoms with E-state index in [0.29, 0.717) is 18.8 Å². The molecular formula is C20H20Cl3N3O4. The summed E-state index contributed by atoms with van der Waals surface area (Å²) in [5, 5.41) is 8.37. The number of carbonyl (C=O) groups is 3. The van der Waals surface area contributed by atoms with Crippen molar-refractivity contribution in [2.24, 2.45) is 0 Å². The molecule has 0 saturated heterocycles. The second-order valence-electron chi connectivity index (χ2n) is 6.23. The molecule has 1 unspecified atom stereocenters. The third-order valence-electron chi connectivity index (χ3n) is 4.01. The summed E-state index contributed by atoms with van der Waals surface area (Å²) < 4.78 is 4.87. The SMILES string of the molecule is COCCNC(=O)c1ccc(NC(=O)C(C)NC(=O)c2cccc(Cl)c2Cl)cc1Cl. The first-order valence-corrected chi connectivity index (χ1v) is 10.0. The van der Waals surface area contributed by atoms with E-state index in [0.717, 1.165) is 0 Å². The predicted molar refractivity (Wildman–Crippen MR) is 118 cm³/mol. The molecule has 0 heterocycles. The number of benzene rings is 2. The van der Waals surface area contributed by atoms with Gasteiger partial charge < -0.3 is 20.7 Å². The van der Waals surface area contributed by atoms with Crippen LogP contribution in [0.25, 0.3) is 0 Å². The minimum Gasteiger partial charge on any atom is -0.383 e. The zero-order valence-corrected chi connectivity index (χ0v) is 18.5. The normalized spacial score (nSPS) is 11.5. The Morgan fingerprint density at radius 1 is 1.00 bits per heavy atom. The lowest BCUT2D eigenvalue weighted by atomic mass is 10.1. The van der Waals surface area contributed by atoms with Gasteiger partial charge in [-0.05, 0) is 37.3 Å². The number of nitrogens with one attached hydrogen (secondary N) is 3. The Morgan fingerprint density at radius 3 is 2.40 bits per heavy atom. The van der Waals surface area contributed by atoms with E-state index >= 15 is 0 Å². The minimum absolute atomic E-state index is 0.107. The number of amides is 3. The van der Waals surface area contributed by atoms with Crippen LogP contribution in [0.4, 0.5) is 5.69 Å². The Morgan fingerprint density at radius 2 is 1.73 bits per heavy atom. The summed E-state index contributed by atoms with van der Waals surface area (Å²) in [5.41, 5.74) is 0.804. The number of methoxy groups -OCH3 is 1. The quantitative estimate of drug-likeness (QED) is 0.509. The topological polar surface area (TPSA) is 96.5 Å². The Bertz CT molecular complexity index is 953. The van der Waals surface area contributed by atoms with Crippen molar-refractivity contribution >= 4 is 58.2 Å². The average molecular weight is 473 g/mol. The fourth-order valence-corrected chi connectivity index (χ4v) is 3.06. The standard InChI is InChI=1S/C20H20Cl3N3O4/c1-11(25-20(29)14-4-3-5-15(21)17(14)23)18(27)26-12-6-7-13(16(22)10-12)19(28)24-8-9-30-2/h3-7,10-11H,8-9H2,1-2H3,(H,24,28)(H,25,29)(H,26,27). The molecule has 3 N–H and O–H groups in total. The summed E-state index contributed by atoms with van der Waals surface area (Å²) in [6.45, 7) is 2.24. The molecule has 0 bridgehead atoms. The van der Waals surface area contributed by atoms with E-state index in [-0.39, 0.29) is 32.1 Å². The Balaban J connectivity index is 1.99. The van der Waals surface area contributed by atoms with E-state index in [9.17, 15) is 14.4 Å². The highest BCUT2D eigenvalue weighted by Gasteiger charge is 2.20. The fraction of sp³-hybridized carbons (Fsp3) is 0.250. The number of hydrogen-bond donors (Lipinski definition) is 3. The molecule has 2 aromatic carbocycles. The van der Waals surface area contributed by atoms with Crippen LogP contribution in [-0.4, -0.2) is 44.0 Å². The maximum Gasteiger partial charge on any atom is 0.253 e. The fourth-order valence-electron chi connectivity index (χ4n) is 2.41. The molecule has 0 aliphatic carbocycles. The molecule has 0 aromatic heterocycles. The summed E-state index contributed by atoms with van der Waals surface area (Å²) in [6.07, 6.45) is 0. The summed E-state index contributed by atoms with van der Waals surface area (Å²) in [4.78, 5) is 36.9. The molecule has 0 aliphatic rings. The second-order valence-corrected chi connectivity index (χ2v) is 7.42. The highest BCUT2D eigenvalue weighted by molar-refractivity contribution is 6.43. The maximum atomic E-state index is 12.4. The van der Waals surface area contributed by atoms with Crippen molar-refractivity contribution in [3.63, 3.8) is 0 Å². The highest BCUT2D eigenvalue weighted by Crippen LogP contribution is 2.25. The Kier molecular flexibility index (Phi) is 8.92. The van der Waals surface area contributed by atoms with Gasteiger partial charge in [0, 0.05) is 19.3 Å². The Labute approximate surface area is 189 Å². The molecule has 30 heavy (non-hydrogen) atoms. The van der Waals surface area contributed by atoms with Crippen molar-refractivity contribution in [3.8, 4) is 0 Å². The highest BCUT2D eigenvalue weighted by atomic mass is 35.5. The molecule has 3 amide bonds. The van der Waals surface area contributed by atoms with Crippen molar-refractivity contribution in [2.45, 2.75) is 13.0 Å². The molecule has 1 atom stereocenters. The maximum absolute atomic E-state index is 12.4. The molecule has 2 rings (SSSR count). The van der Waals surface area contributed by atoms with Gasteiger partial charge in [-0.2, -0.15) is 0 Å². The van der Waals surface area contributed by atoms with Crippen LogP contribution in [0, 0.1) is 0 Å². The third-order valence-corrected chi connectivity index (χ3v) is 5.14. The lowest BCUT2D eigenvalue weighted by Crippen LogP contribution is -2.41. The van der Waals surface area contributed by atoms with Gasteiger partial charge in [-0.1, -0.05) is 40.9 Å². The molecule has 0 aliphatic heterocycles. The van der Waals surface area contributed by atoms with Crippen LogP contribution in [0.1, 0.15) is 27.6 Å². The summed E-state index contributed by atoms with van der Waals surface area (Å²) in [5.74, 6) is -1.37. The molecule has 0 fully saturated rings. The number of anilines is 1. The van der Waals surface area contributed by atoms with Gasteiger partial charge >= 0.3 is 0 Å². The molecular weight excluding hydrogens is 453 g/mol. The second kappa shape index (κ2) is 11.2. The van der Waals surface area contributed by atoms with Gasteiger partial charge in [-0.3, -0.25) is 14.4 Å². The summed E-state index contributed by atoms with van der Waals surface area (Å²) in [6, 6.07) is 8.26.